The molecule has 1 rings (SSSR count). The number of para-hydroxylation sites is 1. The van der Waals surface area contributed by atoms with E-state index in [1.807, 2.05) is 13.2 Å². The highest BCUT2D eigenvalue weighted by Crippen LogP contribution is 2.37. The van der Waals surface area contributed by atoms with Crippen LogP contribution in [0.3, 0.4) is 0 Å². The Hall–Kier alpha value is -2.95. The molecule has 0 saturated heterocycles. The van der Waals surface area contributed by atoms with E-state index in [0.29, 0.717) is 17.7 Å². The number of benzene rings is 1. The predicted octanol–water partition coefficient (Wildman–Crippen LogP) is 3.69. The molecule has 3 N–H and O–H groups in total. The summed E-state index contributed by atoms with van der Waals surface area (Å²) < 4.78 is 10.0. The molecule has 0 aliphatic heterocycles. The first-order valence-corrected chi connectivity index (χ1v) is 13.9. The molecule has 0 bridgehead atoms. The molecule has 38 heavy (non-hydrogen) atoms. The van der Waals surface area contributed by atoms with Crippen molar-refractivity contribution in [3.63, 3.8) is 0 Å². The third-order valence-electron chi connectivity index (χ3n) is 6.06. The SMILES string of the molecule is CCC(C)(C)N(C(=O)C(CCSC)NC(=O)OC(C)(C)C)C(C(=O)NCC(=O)OC)c1cccc(C)c1O. The van der Waals surface area contributed by atoms with Crippen molar-refractivity contribution in [1.29, 1.82) is 0 Å². The van der Waals surface area contributed by atoms with E-state index in [-0.39, 0.29) is 17.7 Å². The summed E-state index contributed by atoms with van der Waals surface area (Å²) in [6.07, 6.45) is 1.87. The lowest BCUT2D eigenvalue weighted by Gasteiger charge is -2.44. The van der Waals surface area contributed by atoms with Gasteiger partial charge in [0.1, 0.15) is 30.0 Å². The summed E-state index contributed by atoms with van der Waals surface area (Å²) in [6.45, 7) is 11.9. The lowest BCUT2D eigenvalue weighted by Crippen LogP contribution is -2.59. The molecule has 0 aliphatic rings. The van der Waals surface area contributed by atoms with Gasteiger partial charge in [-0.2, -0.15) is 11.8 Å². The van der Waals surface area contributed by atoms with E-state index in [9.17, 15) is 24.3 Å². The smallest absolute Gasteiger partial charge is 0.408 e. The summed E-state index contributed by atoms with van der Waals surface area (Å²) in [7, 11) is 1.20. The van der Waals surface area contributed by atoms with E-state index >= 15 is 0 Å². The number of phenols is 1. The third kappa shape index (κ3) is 9.41. The molecular weight excluding hydrogens is 510 g/mol. The molecule has 1 aromatic rings. The van der Waals surface area contributed by atoms with Crippen LogP contribution in [0.2, 0.25) is 0 Å². The molecule has 0 saturated carbocycles. The number of rotatable bonds is 12. The monoisotopic (exact) mass is 553 g/mol. The molecule has 10 nitrogen and oxygen atoms in total. The van der Waals surface area contributed by atoms with Gasteiger partial charge < -0.3 is 30.1 Å². The molecule has 0 fully saturated rings. The number of carbonyl (C=O) groups excluding carboxylic acids is 4. The Morgan fingerprint density at radius 2 is 1.76 bits per heavy atom. The number of ether oxygens (including phenoxy) is 2. The number of esters is 1. The highest BCUT2D eigenvalue weighted by atomic mass is 32.2. The number of carbonyl (C=O) groups is 4. The summed E-state index contributed by atoms with van der Waals surface area (Å²) in [5.74, 6) is -1.44. The molecule has 1 aromatic carbocycles. The van der Waals surface area contributed by atoms with Gasteiger partial charge in [-0.05, 0) is 72.0 Å². The fourth-order valence-electron chi connectivity index (χ4n) is 3.68. The lowest BCUT2D eigenvalue weighted by atomic mass is 9.90. The zero-order chi connectivity index (χ0) is 29.3. The average Bonchev–Trinajstić information content (AvgIpc) is 2.83. The summed E-state index contributed by atoms with van der Waals surface area (Å²) in [5.41, 5.74) is -0.958. The lowest BCUT2D eigenvalue weighted by molar-refractivity contribution is -0.150. The van der Waals surface area contributed by atoms with Crippen molar-refractivity contribution in [2.75, 3.05) is 25.7 Å². The van der Waals surface area contributed by atoms with Crippen LogP contribution in [0, 0.1) is 6.92 Å². The van der Waals surface area contributed by atoms with Gasteiger partial charge in [0.15, 0.2) is 0 Å². The minimum atomic E-state index is -1.31. The number of aryl methyl sites for hydroxylation is 1. The predicted molar refractivity (Wildman–Crippen MR) is 148 cm³/mol. The van der Waals surface area contributed by atoms with Gasteiger partial charge in [0.2, 0.25) is 11.8 Å². The summed E-state index contributed by atoms with van der Waals surface area (Å²) in [4.78, 5) is 53.8. The van der Waals surface area contributed by atoms with E-state index in [1.165, 1.54) is 23.8 Å². The van der Waals surface area contributed by atoms with Crippen molar-refractivity contribution < 1.29 is 33.8 Å². The van der Waals surface area contributed by atoms with Crippen molar-refractivity contribution in [3.8, 4) is 5.75 Å². The van der Waals surface area contributed by atoms with E-state index in [0.717, 1.165) is 0 Å². The molecule has 0 spiro atoms. The molecule has 0 heterocycles. The first-order valence-electron chi connectivity index (χ1n) is 12.5. The second-order valence-electron chi connectivity index (χ2n) is 10.6. The molecular formula is C27H43N3O7S. The number of hydrogen-bond acceptors (Lipinski definition) is 8. The second kappa shape index (κ2) is 14.3. The number of nitrogens with one attached hydrogen (secondary N) is 2. The highest BCUT2D eigenvalue weighted by Gasteiger charge is 2.44. The quantitative estimate of drug-likeness (QED) is 0.334. The fourth-order valence-corrected chi connectivity index (χ4v) is 4.16. The standard InChI is InChI=1S/C27H43N3O7S/c1-10-27(6,7)30(24(34)19(14-15-38-9)29-25(35)37-26(3,4)5)21(23(33)28-16-20(31)36-8)18-13-11-12-17(2)22(18)32/h11-13,19,21,32H,10,14-16H2,1-9H3,(H,28,33)(H,29,35). The van der Waals surface area contributed by atoms with Crippen molar-refractivity contribution >= 4 is 35.6 Å². The van der Waals surface area contributed by atoms with Gasteiger partial charge in [-0.15, -0.1) is 0 Å². The van der Waals surface area contributed by atoms with Crippen molar-refractivity contribution in [3.05, 3.63) is 29.3 Å². The van der Waals surface area contributed by atoms with Crippen LogP contribution < -0.4 is 10.6 Å². The topological polar surface area (TPSA) is 134 Å². The van der Waals surface area contributed by atoms with Gasteiger partial charge in [0, 0.05) is 11.1 Å². The number of alkyl carbamates (subject to hydrolysis) is 1. The van der Waals surface area contributed by atoms with E-state index in [4.69, 9.17) is 4.74 Å². The Bertz CT molecular complexity index is 991. The minimum Gasteiger partial charge on any atom is -0.507 e. The van der Waals surface area contributed by atoms with Crippen LogP contribution in [0.25, 0.3) is 0 Å². The molecule has 0 radical (unpaired) electrons. The van der Waals surface area contributed by atoms with Gasteiger partial charge in [-0.1, -0.05) is 25.1 Å². The molecule has 11 heteroatoms. The van der Waals surface area contributed by atoms with Crippen LogP contribution in [0.4, 0.5) is 4.79 Å². The van der Waals surface area contributed by atoms with Gasteiger partial charge >= 0.3 is 12.1 Å². The number of methoxy groups -OCH3 is 1. The maximum Gasteiger partial charge on any atom is 0.408 e. The van der Waals surface area contributed by atoms with Crippen molar-refractivity contribution in [1.82, 2.24) is 15.5 Å². The molecule has 0 aromatic heterocycles. The van der Waals surface area contributed by atoms with Gasteiger partial charge in [-0.3, -0.25) is 14.4 Å². The molecule has 2 atom stereocenters. The Kier molecular flexibility index (Phi) is 12.4. The van der Waals surface area contributed by atoms with Gasteiger partial charge in [-0.25, -0.2) is 4.79 Å². The zero-order valence-corrected chi connectivity index (χ0v) is 24.8. The number of thioether (sulfide) groups is 1. The number of nitrogens with zero attached hydrogens (tertiary/aromatic N) is 1. The van der Waals surface area contributed by atoms with Crippen LogP contribution in [0.5, 0.6) is 5.75 Å². The van der Waals surface area contributed by atoms with Crippen molar-refractivity contribution in [2.24, 2.45) is 0 Å². The first kappa shape index (κ1) is 33.1. The summed E-state index contributed by atoms with van der Waals surface area (Å²) in [6, 6.07) is 2.61. The summed E-state index contributed by atoms with van der Waals surface area (Å²) >= 11 is 1.51. The minimum absolute atomic E-state index is 0.142. The number of hydrogen-bond donors (Lipinski definition) is 3. The van der Waals surface area contributed by atoms with Gasteiger partial charge in [0.05, 0.1) is 7.11 Å². The number of phenolic OH excluding ortho intramolecular Hbond substituents is 1. The van der Waals surface area contributed by atoms with Crippen molar-refractivity contribution in [2.45, 2.75) is 84.5 Å². The van der Waals surface area contributed by atoms with Crippen LogP contribution in [0.15, 0.2) is 18.2 Å². The fraction of sp³-hybridized carbons (Fsp3) is 0.630. The van der Waals surface area contributed by atoms with Crippen LogP contribution in [0.1, 0.15) is 71.6 Å². The maximum atomic E-state index is 14.3. The molecule has 0 aliphatic carbocycles. The molecule has 2 unspecified atom stereocenters. The average molecular weight is 554 g/mol. The van der Waals surface area contributed by atoms with Gasteiger partial charge in [0.25, 0.3) is 0 Å². The van der Waals surface area contributed by atoms with E-state index < -0.39 is 53.6 Å². The largest absolute Gasteiger partial charge is 0.507 e. The van der Waals surface area contributed by atoms with Crippen LogP contribution >= 0.6 is 11.8 Å². The first-order chi connectivity index (χ1) is 17.6. The summed E-state index contributed by atoms with van der Waals surface area (Å²) in [5, 5.41) is 16.2. The molecule has 214 valence electrons. The Morgan fingerprint density at radius 3 is 2.29 bits per heavy atom. The maximum absolute atomic E-state index is 14.3. The van der Waals surface area contributed by atoms with Crippen LogP contribution in [-0.2, 0) is 23.9 Å². The second-order valence-corrected chi connectivity index (χ2v) is 11.5. The Balaban J connectivity index is 3.69. The Morgan fingerprint density at radius 1 is 1.13 bits per heavy atom. The number of amides is 3. The van der Waals surface area contributed by atoms with E-state index in [1.54, 1.807) is 59.7 Å². The highest BCUT2D eigenvalue weighted by molar-refractivity contribution is 7.98. The Labute approximate surface area is 230 Å². The zero-order valence-electron chi connectivity index (χ0n) is 24.0. The normalized spacial score (nSPS) is 13.2. The molecule has 3 amide bonds. The third-order valence-corrected chi connectivity index (χ3v) is 6.70. The van der Waals surface area contributed by atoms with Crippen LogP contribution in [-0.4, -0.2) is 76.7 Å². The van der Waals surface area contributed by atoms with E-state index in [2.05, 4.69) is 15.4 Å². The number of aromatic hydroxyl groups is 1.